The van der Waals surface area contributed by atoms with Gasteiger partial charge in [-0.1, -0.05) is 253 Å². The van der Waals surface area contributed by atoms with Gasteiger partial charge in [0.1, 0.15) is 12.1 Å². The summed E-state index contributed by atoms with van der Waals surface area (Å²) in [5.41, 5.74) is 0. The van der Waals surface area contributed by atoms with E-state index in [2.05, 4.69) is 44.5 Å². The minimum atomic E-state index is -0.856. The summed E-state index contributed by atoms with van der Waals surface area (Å²) >= 11 is 0. The summed E-state index contributed by atoms with van der Waals surface area (Å²) in [5.74, 6) is -1.62. The zero-order valence-electron chi connectivity index (χ0n) is 54.9. The molecule has 12 heteroatoms. The van der Waals surface area contributed by atoms with E-state index in [-0.39, 0.29) is 36.1 Å². The van der Waals surface area contributed by atoms with Crippen molar-refractivity contribution in [1.82, 2.24) is 14.5 Å². The van der Waals surface area contributed by atoms with Gasteiger partial charge < -0.3 is 28.3 Å². The number of carbonyl (C=O) groups excluding carboxylic acids is 4. The van der Waals surface area contributed by atoms with Crippen LogP contribution in [0.3, 0.4) is 0 Å². The number of aryl methyl sites for hydroxylation is 1. The van der Waals surface area contributed by atoms with Crippen molar-refractivity contribution in [3.63, 3.8) is 0 Å². The largest absolute Gasteiger partial charge is 0.466 e. The molecule has 1 aromatic rings. The van der Waals surface area contributed by atoms with Crippen molar-refractivity contribution >= 4 is 23.9 Å². The van der Waals surface area contributed by atoms with Crippen LogP contribution in [0.5, 0.6) is 0 Å². The Morgan fingerprint density at radius 2 is 0.904 bits per heavy atom. The van der Waals surface area contributed by atoms with Crippen LogP contribution in [0.15, 0.2) is 18.7 Å². The lowest BCUT2D eigenvalue weighted by molar-refractivity contribution is -0.259. The van der Waals surface area contributed by atoms with Gasteiger partial charge in [-0.15, -0.1) is 0 Å². The number of likely N-dealkylation sites (tertiary alicyclic amines) is 1. The Bertz CT molecular complexity index is 1610. The van der Waals surface area contributed by atoms with Gasteiger partial charge in [-0.2, -0.15) is 0 Å². The van der Waals surface area contributed by atoms with E-state index in [0.717, 1.165) is 116 Å². The van der Waals surface area contributed by atoms with Crippen LogP contribution in [-0.4, -0.2) is 88.7 Å². The SMILES string of the molecule is CCCCCCCCCCCOC(=O)CCCCCN1CC(OC(=O)CCCn2ccnc2)C[C@H]1C(=O)OCCCCCCCC(=O)OC(CCCCCCCC)(CCCCCCCC)OC(CCCCCCCC)CCCCCCCC. The third-order valence-corrected chi connectivity index (χ3v) is 17.2. The second-order valence-electron chi connectivity index (χ2n) is 25.1. The number of unbranched alkanes of at least 4 members (excludes halogenated alkanes) is 34. The molecule has 1 unspecified atom stereocenters. The molecule has 2 rings (SSSR count). The van der Waals surface area contributed by atoms with E-state index in [1.54, 1.807) is 12.5 Å². The quantitative estimate of drug-likeness (QED) is 0.0267. The van der Waals surface area contributed by atoms with Gasteiger partial charge in [0.2, 0.25) is 5.79 Å². The number of ether oxygens (including phenoxy) is 5. The van der Waals surface area contributed by atoms with Gasteiger partial charge in [-0.3, -0.25) is 24.1 Å². The summed E-state index contributed by atoms with van der Waals surface area (Å²) in [5, 5.41) is 0. The van der Waals surface area contributed by atoms with E-state index in [1.807, 2.05) is 10.8 Å². The molecule has 0 aromatic carbocycles. The van der Waals surface area contributed by atoms with Crippen LogP contribution in [0.2, 0.25) is 0 Å². The minimum Gasteiger partial charge on any atom is -0.466 e. The second-order valence-corrected chi connectivity index (χ2v) is 25.1. The van der Waals surface area contributed by atoms with Gasteiger partial charge in [0.15, 0.2) is 0 Å². The van der Waals surface area contributed by atoms with E-state index in [1.165, 1.54) is 173 Å². The lowest BCUT2D eigenvalue weighted by Crippen LogP contribution is -2.42. The van der Waals surface area contributed by atoms with Crippen molar-refractivity contribution in [3.8, 4) is 0 Å². The number of aromatic nitrogens is 2. The summed E-state index contributed by atoms with van der Waals surface area (Å²) < 4.78 is 33.4. The predicted molar refractivity (Wildman–Crippen MR) is 342 cm³/mol. The Balaban J connectivity index is 1.95. The zero-order chi connectivity index (χ0) is 60.0. The van der Waals surface area contributed by atoms with Gasteiger partial charge in [0, 0.05) is 64.0 Å². The van der Waals surface area contributed by atoms with Crippen molar-refractivity contribution in [2.24, 2.45) is 0 Å². The standard InChI is InChI=1S/C71H131N3O9/c1-6-11-16-21-26-27-28-35-45-59-79-67(75)50-41-37-44-57-74-62-65(81-68(76)52-47-56-73-58-55-72-63-73)61-66(74)70(78)80-60-46-36-29-32-40-51-69(77)83-71(53-42-33-24-19-14-9-4,54-43-34-25-20-15-10-5)82-64(48-38-30-22-17-12-7-2)49-39-31-23-18-13-8-3/h55,58,63-66H,6-54,56-57,59-62H2,1-5H3/t65?,66-/m0/s1. The van der Waals surface area contributed by atoms with Crippen LogP contribution in [0, 0.1) is 0 Å². The fourth-order valence-electron chi connectivity index (χ4n) is 12.0. The van der Waals surface area contributed by atoms with E-state index < -0.39 is 11.8 Å². The molecule has 0 N–H and O–H groups in total. The van der Waals surface area contributed by atoms with Gasteiger partial charge >= 0.3 is 23.9 Å². The first kappa shape index (κ1) is 76.1. The average Bonchev–Trinajstić information content (AvgIpc) is 4.27. The molecule has 0 amide bonds. The maximum Gasteiger partial charge on any atom is 0.323 e. The van der Waals surface area contributed by atoms with E-state index >= 15 is 0 Å². The van der Waals surface area contributed by atoms with Crippen LogP contribution >= 0.6 is 0 Å². The first-order valence-corrected chi connectivity index (χ1v) is 35.8. The molecule has 0 bridgehead atoms. The molecule has 1 aliphatic rings. The lowest BCUT2D eigenvalue weighted by atomic mass is 9.97. The predicted octanol–water partition coefficient (Wildman–Crippen LogP) is 19.8. The highest BCUT2D eigenvalue weighted by Crippen LogP contribution is 2.34. The fraction of sp³-hybridized carbons (Fsp3) is 0.901. The van der Waals surface area contributed by atoms with E-state index in [9.17, 15) is 19.2 Å². The number of nitrogens with zero attached hydrogens (tertiary/aromatic N) is 3. The molecule has 1 aromatic heterocycles. The minimum absolute atomic E-state index is 0.115. The number of esters is 4. The molecule has 83 heavy (non-hydrogen) atoms. The third-order valence-electron chi connectivity index (χ3n) is 17.2. The fourth-order valence-corrected chi connectivity index (χ4v) is 12.0. The molecule has 0 saturated carbocycles. The summed E-state index contributed by atoms with van der Waals surface area (Å²) in [4.78, 5) is 59.4. The van der Waals surface area contributed by atoms with Crippen molar-refractivity contribution in [2.75, 3.05) is 26.3 Å². The normalized spacial score (nSPS) is 14.7. The topological polar surface area (TPSA) is 135 Å². The Kier molecular flexibility index (Phi) is 49.9. The van der Waals surface area contributed by atoms with Crippen LogP contribution in [-0.2, 0) is 49.4 Å². The maximum atomic E-state index is 14.1. The molecule has 12 nitrogen and oxygen atoms in total. The molecule has 0 radical (unpaired) electrons. The molecule has 2 atom stereocenters. The highest BCUT2D eigenvalue weighted by atomic mass is 16.7. The number of hydrogen-bond donors (Lipinski definition) is 0. The van der Waals surface area contributed by atoms with Crippen LogP contribution in [0.1, 0.15) is 356 Å². The maximum absolute atomic E-state index is 14.1. The van der Waals surface area contributed by atoms with E-state index in [0.29, 0.717) is 65.0 Å². The number of hydrogen-bond acceptors (Lipinski definition) is 11. The Morgan fingerprint density at radius 3 is 1.41 bits per heavy atom. The highest BCUT2D eigenvalue weighted by molar-refractivity contribution is 5.76. The van der Waals surface area contributed by atoms with Crippen molar-refractivity contribution in [1.29, 1.82) is 0 Å². The van der Waals surface area contributed by atoms with Gasteiger partial charge in [-0.25, -0.2) is 4.98 Å². The molecule has 1 fully saturated rings. The van der Waals surface area contributed by atoms with Crippen molar-refractivity contribution in [3.05, 3.63) is 18.7 Å². The molecule has 1 saturated heterocycles. The van der Waals surface area contributed by atoms with Crippen molar-refractivity contribution < 1.29 is 42.9 Å². The average molecular weight is 1170 g/mol. The number of rotatable bonds is 61. The van der Waals surface area contributed by atoms with E-state index in [4.69, 9.17) is 23.7 Å². The Labute approximate surface area is 510 Å². The van der Waals surface area contributed by atoms with Gasteiger partial charge in [-0.05, 0) is 70.8 Å². The Morgan fingerprint density at radius 1 is 0.470 bits per heavy atom. The highest BCUT2D eigenvalue weighted by Gasteiger charge is 2.40. The summed E-state index contributed by atoms with van der Waals surface area (Å²) in [6.45, 7) is 14.0. The molecule has 484 valence electrons. The first-order valence-electron chi connectivity index (χ1n) is 35.8. The molecule has 0 spiro atoms. The lowest BCUT2D eigenvalue weighted by Gasteiger charge is -2.37. The smallest absolute Gasteiger partial charge is 0.323 e. The summed E-state index contributed by atoms with van der Waals surface area (Å²) in [7, 11) is 0. The molecular formula is C71H131N3O9. The third kappa shape index (κ3) is 42.5. The van der Waals surface area contributed by atoms with Gasteiger partial charge in [0.25, 0.3) is 0 Å². The van der Waals surface area contributed by atoms with Gasteiger partial charge in [0.05, 0.1) is 25.6 Å². The summed E-state index contributed by atoms with van der Waals surface area (Å²) in [6.07, 6.45) is 58.2. The van der Waals surface area contributed by atoms with Crippen LogP contribution < -0.4 is 0 Å². The zero-order valence-corrected chi connectivity index (χ0v) is 54.9. The first-order chi connectivity index (χ1) is 40.7. The van der Waals surface area contributed by atoms with Crippen LogP contribution in [0.25, 0.3) is 0 Å². The Hall–Kier alpha value is -2.99. The summed E-state index contributed by atoms with van der Waals surface area (Å²) in [6, 6.07) is -0.481. The molecular weight excluding hydrogens is 1040 g/mol. The number of imidazole rings is 1. The molecule has 2 heterocycles. The number of carbonyl (C=O) groups is 4. The monoisotopic (exact) mass is 1170 g/mol. The van der Waals surface area contributed by atoms with Crippen molar-refractivity contribution in [2.45, 2.75) is 386 Å². The molecule has 0 aliphatic carbocycles. The molecule has 1 aliphatic heterocycles. The second kappa shape index (κ2) is 54.4. The van der Waals surface area contributed by atoms with Crippen LogP contribution in [0.4, 0.5) is 0 Å².